The second-order valence-electron chi connectivity index (χ2n) is 11.2. The topological polar surface area (TPSA) is 103 Å². The molecule has 0 spiro atoms. The summed E-state index contributed by atoms with van der Waals surface area (Å²) in [5.74, 6) is -1.07. The van der Waals surface area contributed by atoms with Crippen LogP contribution in [0.3, 0.4) is 0 Å². The number of nitrogens with zero attached hydrogens (tertiary/aromatic N) is 1. The monoisotopic (exact) mass is 566 g/mol. The number of carbonyl (C=O) groups excluding carboxylic acids is 3. The Hall–Kier alpha value is -1.90. The molecular weight excluding hydrogens is 520 g/mol. The van der Waals surface area contributed by atoms with Crippen molar-refractivity contribution in [3.63, 3.8) is 0 Å². The number of hydrogen-bond donors (Lipinski definition) is 1. The molecule has 0 radical (unpaired) electrons. The lowest BCUT2D eigenvalue weighted by Gasteiger charge is -2.32. The zero-order valence-electron chi connectivity index (χ0n) is 24.7. The van der Waals surface area contributed by atoms with Crippen molar-refractivity contribution in [3.8, 4) is 0 Å². The predicted molar refractivity (Wildman–Crippen MR) is 152 cm³/mol. The minimum Gasteiger partial charge on any atom is -0.392 e. The predicted octanol–water partition coefficient (Wildman–Crippen LogP) is 4.86. The van der Waals surface area contributed by atoms with Crippen LogP contribution in [-0.4, -0.2) is 77.2 Å². The SMILES string of the molecule is CC(C)O[Si](C)(CCNC(=O)c1ccc2c(c1)C(=O)N(CC[Si](C)(OC(C)C)OC(C)C)C2=O)OC(C)C. The molecule has 1 N–H and O–H groups in total. The van der Waals surface area contributed by atoms with Gasteiger partial charge in [-0.2, -0.15) is 0 Å². The van der Waals surface area contributed by atoms with E-state index in [1.165, 1.54) is 11.0 Å². The van der Waals surface area contributed by atoms with Crippen LogP contribution in [-0.2, 0) is 17.7 Å². The largest absolute Gasteiger partial charge is 0.392 e. The van der Waals surface area contributed by atoms with E-state index in [9.17, 15) is 14.4 Å². The average molecular weight is 567 g/mol. The van der Waals surface area contributed by atoms with Crippen molar-refractivity contribution in [1.29, 1.82) is 0 Å². The van der Waals surface area contributed by atoms with Crippen molar-refractivity contribution in [3.05, 3.63) is 34.9 Å². The first-order chi connectivity index (χ1) is 17.6. The molecule has 1 aliphatic rings. The fourth-order valence-corrected chi connectivity index (χ4v) is 10.5. The van der Waals surface area contributed by atoms with Gasteiger partial charge in [0.25, 0.3) is 17.7 Å². The Bertz CT molecular complexity index is 978. The number of hydrogen-bond acceptors (Lipinski definition) is 7. The lowest BCUT2D eigenvalue weighted by molar-refractivity contribution is 0.0650. The van der Waals surface area contributed by atoms with Crippen LogP contribution in [0.1, 0.15) is 86.5 Å². The van der Waals surface area contributed by atoms with Crippen LogP contribution >= 0.6 is 0 Å². The maximum absolute atomic E-state index is 13.2. The molecule has 0 saturated carbocycles. The van der Waals surface area contributed by atoms with E-state index in [1.807, 2.05) is 68.5 Å². The molecule has 1 aromatic carbocycles. The zero-order chi connectivity index (χ0) is 28.8. The molecule has 11 heteroatoms. The maximum Gasteiger partial charge on any atom is 0.337 e. The molecule has 0 bridgehead atoms. The first kappa shape index (κ1) is 32.3. The van der Waals surface area contributed by atoms with E-state index in [-0.39, 0.29) is 48.3 Å². The van der Waals surface area contributed by atoms with E-state index in [0.29, 0.717) is 29.8 Å². The summed E-state index contributed by atoms with van der Waals surface area (Å²) >= 11 is 0. The smallest absolute Gasteiger partial charge is 0.337 e. The van der Waals surface area contributed by atoms with Crippen LogP contribution in [0.2, 0.25) is 25.2 Å². The summed E-state index contributed by atoms with van der Waals surface area (Å²) < 4.78 is 24.4. The first-order valence-corrected chi connectivity index (χ1v) is 18.6. The highest BCUT2D eigenvalue weighted by molar-refractivity contribution is 6.66. The molecule has 0 fully saturated rings. The van der Waals surface area contributed by atoms with Crippen LogP contribution in [0, 0.1) is 0 Å². The summed E-state index contributed by atoms with van der Waals surface area (Å²) in [5, 5.41) is 2.91. The number of imide groups is 1. The molecule has 1 aliphatic heterocycles. The third-order valence-electron chi connectivity index (χ3n) is 5.83. The van der Waals surface area contributed by atoms with Gasteiger partial charge in [0.1, 0.15) is 0 Å². The maximum atomic E-state index is 13.2. The van der Waals surface area contributed by atoms with Crippen LogP contribution < -0.4 is 5.32 Å². The normalized spacial score (nSPS) is 14.4. The van der Waals surface area contributed by atoms with Gasteiger partial charge in [-0.3, -0.25) is 19.3 Å². The number of rotatable bonds is 15. The molecule has 0 aromatic heterocycles. The molecule has 0 atom stereocenters. The van der Waals surface area contributed by atoms with E-state index < -0.39 is 23.0 Å². The molecule has 0 aliphatic carbocycles. The van der Waals surface area contributed by atoms with Crippen molar-refractivity contribution in [2.24, 2.45) is 0 Å². The van der Waals surface area contributed by atoms with Gasteiger partial charge in [0.2, 0.25) is 0 Å². The molecule has 1 heterocycles. The summed E-state index contributed by atoms with van der Waals surface area (Å²) in [7, 11) is -5.09. The van der Waals surface area contributed by atoms with Gasteiger partial charge in [-0.25, -0.2) is 0 Å². The van der Waals surface area contributed by atoms with E-state index in [0.717, 1.165) is 0 Å². The van der Waals surface area contributed by atoms with Crippen LogP contribution in [0.5, 0.6) is 0 Å². The van der Waals surface area contributed by atoms with E-state index in [2.05, 4.69) is 5.32 Å². The second-order valence-corrected chi connectivity index (χ2v) is 17.7. The van der Waals surface area contributed by atoms with Gasteiger partial charge in [-0.1, -0.05) is 0 Å². The summed E-state index contributed by atoms with van der Waals surface area (Å²) in [4.78, 5) is 40.3. The van der Waals surface area contributed by atoms with Crippen molar-refractivity contribution < 1.29 is 32.1 Å². The number of nitrogens with one attached hydrogen (secondary N) is 1. The van der Waals surface area contributed by atoms with Crippen molar-refractivity contribution in [2.75, 3.05) is 13.1 Å². The van der Waals surface area contributed by atoms with Gasteiger partial charge in [-0.15, -0.1) is 0 Å². The quantitative estimate of drug-likeness (QED) is 0.239. The van der Waals surface area contributed by atoms with Crippen molar-refractivity contribution in [1.82, 2.24) is 10.2 Å². The molecule has 0 unspecified atom stereocenters. The third-order valence-corrected chi connectivity index (χ3v) is 12.0. The van der Waals surface area contributed by atoms with Gasteiger partial charge in [0, 0.05) is 55.2 Å². The molecule has 0 saturated heterocycles. The minimum absolute atomic E-state index is 0.0249. The van der Waals surface area contributed by atoms with E-state index >= 15 is 0 Å². The Labute approximate surface area is 230 Å². The highest BCUT2D eigenvalue weighted by Gasteiger charge is 2.40. The Balaban J connectivity index is 2.08. The standard InChI is InChI=1S/C27H46N2O7Si2/c1-18(2)33-37(9,34-19(3)4)15-13-28-25(30)22-11-12-23-24(17-22)27(32)29(26(23)31)14-16-38(10,35-20(5)6)36-21(7)8/h11-12,17-21H,13-16H2,1-10H3,(H,28,30). The van der Waals surface area contributed by atoms with Gasteiger partial charge in [0.15, 0.2) is 0 Å². The van der Waals surface area contributed by atoms with Gasteiger partial charge >= 0.3 is 17.1 Å². The zero-order valence-corrected chi connectivity index (χ0v) is 26.7. The average Bonchev–Trinajstić information content (AvgIpc) is 2.99. The van der Waals surface area contributed by atoms with Crippen LogP contribution in [0.25, 0.3) is 0 Å². The minimum atomic E-state index is -2.61. The number of fused-ring (bicyclic) bond motifs is 1. The highest BCUT2D eigenvalue weighted by Crippen LogP contribution is 2.27. The van der Waals surface area contributed by atoms with E-state index in [1.54, 1.807) is 12.1 Å². The summed E-state index contributed by atoms with van der Waals surface area (Å²) in [5.41, 5.74) is 0.876. The van der Waals surface area contributed by atoms with Crippen molar-refractivity contribution >= 4 is 34.8 Å². The molecule has 1 aromatic rings. The second kappa shape index (κ2) is 13.4. The molecule has 2 rings (SSSR count). The fraction of sp³-hybridized carbons (Fsp3) is 0.667. The lowest BCUT2D eigenvalue weighted by Crippen LogP contribution is -2.46. The number of benzene rings is 1. The Morgan fingerprint density at radius 3 is 1.68 bits per heavy atom. The first-order valence-electron chi connectivity index (χ1n) is 13.6. The Morgan fingerprint density at radius 2 is 1.21 bits per heavy atom. The molecule has 9 nitrogen and oxygen atoms in total. The number of amides is 3. The fourth-order valence-electron chi connectivity index (χ4n) is 4.74. The Kier molecular flexibility index (Phi) is 11.4. The summed E-state index contributed by atoms with van der Waals surface area (Å²) in [6.45, 7) is 20.2. The Morgan fingerprint density at radius 1 is 0.763 bits per heavy atom. The van der Waals surface area contributed by atoms with Crippen LogP contribution in [0.4, 0.5) is 0 Å². The van der Waals surface area contributed by atoms with Crippen LogP contribution in [0.15, 0.2) is 18.2 Å². The molecular formula is C27H46N2O7Si2. The third kappa shape index (κ3) is 9.09. The lowest BCUT2D eigenvalue weighted by atomic mass is 10.1. The molecule has 3 amide bonds. The van der Waals surface area contributed by atoms with Gasteiger partial charge in [0.05, 0.1) is 11.1 Å². The summed E-state index contributed by atoms with van der Waals surface area (Å²) in [6, 6.07) is 5.69. The van der Waals surface area contributed by atoms with Crippen molar-refractivity contribution in [2.45, 2.75) is 105 Å². The summed E-state index contributed by atoms with van der Waals surface area (Å²) in [6.07, 6.45) is 0.00333. The highest BCUT2D eigenvalue weighted by atomic mass is 28.4. The van der Waals surface area contributed by atoms with Gasteiger partial charge < -0.3 is 23.0 Å². The molecule has 214 valence electrons. The number of carbonyl (C=O) groups is 3. The van der Waals surface area contributed by atoms with E-state index in [4.69, 9.17) is 17.7 Å². The molecule has 38 heavy (non-hydrogen) atoms. The van der Waals surface area contributed by atoms with Gasteiger partial charge in [-0.05, 0) is 86.7 Å².